The van der Waals surface area contributed by atoms with Gasteiger partial charge in [0.25, 0.3) is 0 Å². The first kappa shape index (κ1) is 33.3. The van der Waals surface area contributed by atoms with Gasteiger partial charge in [0.05, 0.1) is 23.3 Å². The molecule has 8 nitrogen and oxygen atoms in total. The first-order valence-corrected chi connectivity index (χ1v) is 17.2. The van der Waals surface area contributed by atoms with E-state index in [0.29, 0.717) is 64.0 Å². The maximum absolute atomic E-state index is 12.5. The van der Waals surface area contributed by atoms with Crippen molar-refractivity contribution in [1.82, 2.24) is 15.6 Å². The second kappa shape index (κ2) is 13.9. The van der Waals surface area contributed by atoms with Gasteiger partial charge in [0.1, 0.15) is 0 Å². The van der Waals surface area contributed by atoms with Crippen molar-refractivity contribution in [3.8, 4) is 11.8 Å². The van der Waals surface area contributed by atoms with E-state index in [2.05, 4.69) is 64.4 Å². The van der Waals surface area contributed by atoms with Crippen LogP contribution in [0.3, 0.4) is 0 Å². The highest BCUT2D eigenvalue weighted by Crippen LogP contribution is 2.59. The van der Waals surface area contributed by atoms with E-state index in [1.807, 2.05) is 37.3 Å². The van der Waals surface area contributed by atoms with Crippen LogP contribution in [0.15, 0.2) is 77.8 Å². The van der Waals surface area contributed by atoms with Crippen molar-refractivity contribution < 1.29 is 20.4 Å². The highest BCUT2D eigenvalue weighted by Gasteiger charge is 2.62. The number of allylic oxidation sites excluding steroid dienone is 1. The average Bonchev–Trinajstić information content (AvgIpc) is 3.55. The molecule has 2 fully saturated rings. The van der Waals surface area contributed by atoms with Crippen LogP contribution in [0.25, 0.3) is 10.9 Å². The van der Waals surface area contributed by atoms with Crippen LogP contribution >= 0.6 is 0 Å². The van der Waals surface area contributed by atoms with Gasteiger partial charge in [0.2, 0.25) is 0 Å². The first-order chi connectivity index (χ1) is 22.6. The normalized spacial score (nSPS) is 32.0. The largest absolute Gasteiger partial charge is 0.396 e. The number of hydrogen-bond acceptors (Lipinski definition) is 5. The van der Waals surface area contributed by atoms with Gasteiger partial charge in [0, 0.05) is 55.6 Å². The van der Waals surface area contributed by atoms with Crippen molar-refractivity contribution in [2.75, 3.05) is 19.7 Å². The quantitative estimate of drug-likeness (QED) is 0.0585. The number of para-hydroxylation sites is 1. The van der Waals surface area contributed by atoms with Gasteiger partial charge in [-0.3, -0.25) is 4.99 Å². The maximum atomic E-state index is 12.5. The van der Waals surface area contributed by atoms with E-state index in [1.54, 1.807) is 0 Å². The molecule has 47 heavy (non-hydrogen) atoms. The Bertz CT molecular complexity index is 1610. The lowest BCUT2D eigenvalue weighted by Gasteiger charge is -2.41. The SMILES string of the molecule is C=C(Cc1cc2ccccc2[nH]1)[C@]12CC#C[C@@H](NC(=NCCCO)NCCc3ccccc3)C[C@]3(O)[C@@H](O)C[C@@H]([C@@H]3C1)[C@](C)(O)CC2. The van der Waals surface area contributed by atoms with Crippen LogP contribution < -0.4 is 10.6 Å². The lowest BCUT2D eigenvalue weighted by atomic mass is 9.66. The second-order valence-electron chi connectivity index (χ2n) is 14.3. The number of H-pyrrole nitrogens is 1. The number of aromatic nitrogens is 1. The number of benzene rings is 2. The molecule has 0 unspecified atom stereocenters. The van der Waals surface area contributed by atoms with E-state index < -0.39 is 28.8 Å². The Morgan fingerprint density at radius 3 is 2.64 bits per heavy atom. The molecule has 0 amide bonds. The number of aromatic amines is 1. The summed E-state index contributed by atoms with van der Waals surface area (Å²) < 4.78 is 0. The zero-order valence-corrected chi connectivity index (χ0v) is 27.5. The summed E-state index contributed by atoms with van der Waals surface area (Å²) >= 11 is 0. The summed E-state index contributed by atoms with van der Waals surface area (Å²) in [6.45, 7) is 7.65. The molecule has 3 aliphatic carbocycles. The molecule has 0 aliphatic heterocycles. The summed E-state index contributed by atoms with van der Waals surface area (Å²) in [4.78, 5) is 8.24. The lowest BCUT2D eigenvalue weighted by molar-refractivity contribution is -0.105. The van der Waals surface area contributed by atoms with Crippen LogP contribution in [0.4, 0.5) is 0 Å². The van der Waals surface area contributed by atoms with E-state index in [9.17, 15) is 20.4 Å². The summed E-state index contributed by atoms with van der Waals surface area (Å²) in [6, 6.07) is 20.1. The number of aliphatic hydroxyl groups excluding tert-OH is 2. The maximum Gasteiger partial charge on any atom is 0.192 e. The molecule has 8 heteroatoms. The van der Waals surface area contributed by atoms with Crippen LogP contribution in [0.1, 0.15) is 63.1 Å². The number of guanidine groups is 1. The fourth-order valence-corrected chi connectivity index (χ4v) is 8.31. The van der Waals surface area contributed by atoms with Crippen molar-refractivity contribution in [1.29, 1.82) is 0 Å². The third-order valence-corrected chi connectivity index (χ3v) is 11.1. The van der Waals surface area contributed by atoms with Gasteiger partial charge >= 0.3 is 0 Å². The summed E-state index contributed by atoms with van der Waals surface area (Å²) in [5.74, 6) is 6.87. The first-order valence-electron chi connectivity index (χ1n) is 17.2. The minimum Gasteiger partial charge on any atom is -0.396 e. The minimum absolute atomic E-state index is 0.0451. The summed E-state index contributed by atoms with van der Waals surface area (Å²) in [5, 5.41) is 53.3. The van der Waals surface area contributed by atoms with Gasteiger partial charge in [-0.2, -0.15) is 0 Å². The Balaban J connectivity index is 1.29. The molecule has 1 aromatic heterocycles. The molecule has 3 aromatic rings. The standard InChI is InChI=1S/C39H50N4O4/c1-27(22-31-23-29-12-6-7-14-34(29)42-31)38-16-8-13-30(25-39(47)33(26-38)32(24-35(39)45)37(2,46)17-18-38)43-36(40-19-9-21-44)41-20-15-28-10-4-3-5-11-28/h3-7,10-12,14,23,30,32-33,35,42,44-47H,1,9,15-22,24-26H2,2H3,(H2,40,41,43)/t30-,32+,33+,35+,37-,38+,39-/m1/s1. The molecule has 2 bridgehead atoms. The fraction of sp³-hybridized carbons (Fsp3) is 0.513. The molecule has 1 heterocycles. The average molecular weight is 639 g/mol. The van der Waals surface area contributed by atoms with Gasteiger partial charge in [-0.1, -0.05) is 66.6 Å². The van der Waals surface area contributed by atoms with E-state index in [1.165, 1.54) is 5.56 Å². The number of nitrogens with zero attached hydrogens (tertiary/aromatic N) is 1. The Morgan fingerprint density at radius 1 is 1.06 bits per heavy atom. The molecule has 0 saturated heterocycles. The Labute approximate surface area is 278 Å². The van der Waals surface area contributed by atoms with Gasteiger partial charge in [-0.05, 0) is 80.4 Å². The van der Waals surface area contributed by atoms with Crippen LogP contribution in [0, 0.1) is 29.1 Å². The van der Waals surface area contributed by atoms with E-state index in [0.717, 1.165) is 28.6 Å². The summed E-state index contributed by atoms with van der Waals surface area (Å²) in [7, 11) is 0. The zero-order valence-electron chi connectivity index (χ0n) is 27.5. The van der Waals surface area contributed by atoms with Gasteiger partial charge < -0.3 is 36.0 Å². The number of fused-ring (bicyclic) bond motifs is 2. The third kappa shape index (κ3) is 7.14. The predicted octanol–water partition coefficient (Wildman–Crippen LogP) is 4.24. The van der Waals surface area contributed by atoms with Crippen molar-refractivity contribution in [2.45, 2.75) is 88.1 Å². The van der Waals surface area contributed by atoms with Crippen molar-refractivity contribution >= 4 is 16.9 Å². The third-order valence-electron chi connectivity index (χ3n) is 11.1. The zero-order chi connectivity index (χ0) is 33.1. The topological polar surface area (TPSA) is 133 Å². The number of aliphatic imine (C=N–C) groups is 1. The van der Waals surface area contributed by atoms with Gasteiger partial charge in [0.15, 0.2) is 5.96 Å². The highest BCUT2D eigenvalue weighted by atomic mass is 16.3. The minimum atomic E-state index is -1.46. The molecule has 2 saturated carbocycles. The van der Waals surface area contributed by atoms with Gasteiger partial charge in [-0.15, -0.1) is 5.92 Å². The molecule has 0 radical (unpaired) electrons. The Kier molecular flexibility index (Phi) is 9.82. The second-order valence-corrected chi connectivity index (χ2v) is 14.3. The smallest absolute Gasteiger partial charge is 0.192 e. The van der Waals surface area contributed by atoms with Crippen molar-refractivity contribution in [3.63, 3.8) is 0 Å². The molecule has 250 valence electrons. The molecule has 7 N–H and O–H groups in total. The number of hydrogen-bond donors (Lipinski definition) is 7. The van der Waals surface area contributed by atoms with Crippen LogP contribution in [0.5, 0.6) is 0 Å². The molecule has 3 aliphatic rings. The number of nitrogens with one attached hydrogen (secondary N) is 3. The molecule has 7 atom stereocenters. The molecular formula is C39H50N4O4. The Hall–Kier alpha value is -3.61. The van der Waals surface area contributed by atoms with Crippen LogP contribution in [0.2, 0.25) is 0 Å². The van der Waals surface area contributed by atoms with E-state index in [4.69, 9.17) is 4.99 Å². The molecule has 0 spiro atoms. The van der Waals surface area contributed by atoms with Gasteiger partial charge in [-0.25, -0.2) is 0 Å². The summed E-state index contributed by atoms with van der Waals surface area (Å²) in [5.41, 5.74) is 1.48. The summed E-state index contributed by atoms with van der Waals surface area (Å²) in [6.07, 6.45) is 3.94. The molecule has 6 rings (SSSR count). The van der Waals surface area contributed by atoms with E-state index >= 15 is 0 Å². The molecule has 2 aromatic carbocycles. The number of aliphatic hydroxyl groups is 4. The van der Waals surface area contributed by atoms with Crippen LogP contribution in [-0.2, 0) is 12.8 Å². The predicted molar refractivity (Wildman–Crippen MR) is 187 cm³/mol. The Morgan fingerprint density at radius 2 is 1.85 bits per heavy atom. The van der Waals surface area contributed by atoms with Crippen molar-refractivity contribution in [2.24, 2.45) is 22.2 Å². The van der Waals surface area contributed by atoms with E-state index in [-0.39, 0.29) is 24.9 Å². The highest BCUT2D eigenvalue weighted by molar-refractivity contribution is 5.81. The number of rotatable bonds is 10. The monoisotopic (exact) mass is 638 g/mol. The van der Waals surface area contributed by atoms with Crippen LogP contribution in [-0.4, -0.2) is 74.4 Å². The fourth-order valence-electron chi connectivity index (χ4n) is 8.31. The molecular weight excluding hydrogens is 588 g/mol. The van der Waals surface area contributed by atoms with Crippen molar-refractivity contribution in [3.05, 3.63) is 84.1 Å². The lowest BCUT2D eigenvalue weighted by Crippen LogP contribution is -2.53.